The van der Waals surface area contributed by atoms with Crippen molar-refractivity contribution in [3.8, 4) is 5.75 Å². The summed E-state index contributed by atoms with van der Waals surface area (Å²) in [6.45, 7) is 5.08. The minimum absolute atomic E-state index is 0.191. The van der Waals surface area contributed by atoms with Crippen molar-refractivity contribution in [1.82, 2.24) is 15.1 Å². The summed E-state index contributed by atoms with van der Waals surface area (Å²) in [7, 11) is 3.64. The van der Waals surface area contributed by atoms with Gasteiger partial charge in [-0.3, -0.25) is 4.68 Å². The third kappa shape index (κ3) is 3.57. The Hall–Kier alpha value is -1.52. The first-order valence-electron chi connectivity index (χ1n) is 7.11. The van der Waals surface area contributed by atoms with Crippen LogP contribution in [0.5, 0.6) is 5.75 Å². The molecular weight excluding hydrogens is 286 g/mol. The largest absolute Gasteiger partial charge is 0.496 e. The van der Waals surface area contributed by atoms with E-state index < -0.39 is 0 Å². The Kier molecular flexibility index (Phi) is 5.26. The van der Waals surface area contributed by atoms with Crippen LogP contribution in [0.2, 0.25) is 5.02 Å². The van der Waals surface area contributed by atoms with E-state index in [0.717, 1.165) is 29.3 Å². The average molecular weight is 308 g/mol. The van der Waals surface area contributed by atoms with Gasteiger partial charge in [-0.05, 0) is 43.7 Å². The first-order chi connectivity index (χ1) is 10.1. The van der Waals surface area contributed by atoms with Gasteiger partial charge < -0.3 is 10.1 Å². The molecule has 0 spiro atoms. The second kappa shape index (κ2) is 6.96. The number of nitrogens with one attached hydrogen (secondary N) is 1. The minimum Gasteiger partial charge on any atom is -0.496 e. The fourth-order valence-electron chi connectivity index (χ4n) is 2.52. The summed E-state index contributed by atoms with van der Waals surface area (Å²) in [5.41, 5.74) is 3.47. The SMILES string of the molecule is CCNC(Cc1cc(Cl)ccc1OC)c1cnn(C)c1C. The molecule has 0 fully saturated rings. The Balaban J connectivity index is 2.32. The van der Waals surface area contributed by atoms with E-state index in [2.05, 4.69) is 24.3 Å². The van der Waals surface area contributed by atoms with E-state index in [-0.39, 0.29) is 6.04 Å². The van der Waals surface area contributed by atoms with Crippen LogP contribution in [0.1, 0.15) is 29.8 Å². The van der Waals surface area contributed by atoms with Gasteiger partial charge in [-0.1, -0.05) is 18.5 Å². The van der Waals surface area contributed by atoms with Crippen LogP contribution >= 0.6 is 11.6 Å². The second-order valence-corrected chi connectivity index (χ2v) is 5.52. The minimum atomic E-state index is 0.191. The number of nitrogens with zero attached hydrogens (tertiary/aromatic N) is 2. The highest BCUT2D eigenvalue weighted by molar-refractivity contribution is 6.30. The van der Waals surface area contributed by atoms with E-state index in [1.54, 1.807) is 7.11 Å². The maximum Gasteiger partial charge on any atom is 0.122 e. The number of likely N-dealkylation sites (N-methyl/N-ethyl adjacent to an activating group) is 1. The molecule has 0 aliphatic heterocycles. The first kappa shape index (κ1) is 15.9. The summed E-state index contributed by atoms with van der Waals surface area (Å²) in [5.74, 6) is 0.865. The lowest BCUT2D eigenvalue weighted by Gasteiger charge is -2.19. The number of halogens is 1. The molecule has 0 aliphatic rings. The molecule has 0 amide bonds. The molecule has 114 valence electrons. The van der Waals surface area contributed by atoms with Gasteiger partial charge in [0.2, 0.25) is 0 Å². The maximum absolute atomic E-state index is 6.12. The quantitative estimate of drug-likeness (QED) is 0.890. The molecule has 2 aromatic rings. The van der Waals surface area contributed by atoms with Crippen LogP contribution in [-0.4, -0.2) is 23.4 Å². The molecule has 0 bridgehead atoms. The van der Waals surface area contributed by atoms with E-state index in [9.17, 15) is 0 Å². The summed E-state index contributed by atoms with van der Waals surface area (Å²) in [6, 6.07) is 5.92. The third-order valence-electron chi connectivity index (χ3n) is 3.77. The first-order valence-corrected chi connectivity index (χ1v) is 7.48. The fraction of sp³-hybridized carbons (Fsp3) is 0.438. The molecule has 0 saturated carbocycles. The van der Waals surface area contributed by atoms with E-state index in [1.807, 2.05) is 36.1 Å². The van der Waals surface area contributed by atoms with Crippen molar-refractivity contribution in [2.75, 3.05) is 13.7 Å². The van der Waals surface area contributed by atoms with Crippen LogP contribution in [0.4, 0.5) is 0 Å². The number of aryl methyl sites for hydroxylation is 1. The Bertz CT molecular complexity index is 610. The van der Waals surface area contributed by atoms with Crippen molar-refractivity contribution in [3.63, 3.8) is 0 Å². The summed E-state index contributed by atoms with van der Waals surface area (Å²) < 4.78 is 7.34. The van der Waals surface area contributed by atoms with Crippen LogP contribution in [-0.2, 0) is 13.5 Å². The van der Waals surface area contributed by atoms with Crippen LogP contribution in [0.25, 0.3) is 0 Å². The topological polar surface area (TPSA) is 39.1 Å². The molecule has 1 aromatic carbocycles. The third-order valence-corrected chi connectivity index (χ3v) is 4.00. The van der Waals surface area contributed by atoms with E-state index in [0.29, 0.717) is 0 Å². The van der Waals surface area contributed by atoms with Crippen molar-refractivity contribution >= 4 is 11.6 Å². The second-order valence-electron chi connectivity index (χ2n) is 5.08. The van der Waals surface area contributed by atoms with E-state index in [1.165, 1.54) is 11.3 Å². The average Bonchev–Trinajstić information content (AvgIpc) is 2.79. The lowest BCUT2D eigenvalue weighted by Crippen LogP contribution is -2.23. The number of aromatic nitrogens is 2. The molecule has 1 unspecified atom stereocenters. The maximum atomic E-state index is 6.12. The van der Waals surface area contributed by atoms with Crippen molar-refractivity contribution in [3.05, 3.63) is 46.2 Å². The molecule has 0 saturated heterocycles. The van der Waals surface area contributed by atoms with Crippen molar-refractivity contribution in [1.29, 1.82) is 0 Å². The Morgan fingerprint density at radius 2 is 2.19 bits per heavy atom. The van der Waals surface area contributed by atoms with Crippen molar-refractivity contribution < 1.29 is 4.74 Å². The highest BCUT2D eigenvalue weighted by Crippen LogP contribution is 2.28. The number of rotatable bonds is 6. The van der Waals surface area contributed by atoms with Crippen LogP contribution in [0.3, 0.4) is 0 Å². The predicted octanol–water partition coefficient (Wildman–Crippen LogP) is 3.28. The van der Waals surface area contributed by atoms with Gasteiger partial charge in [0, 0.05) is 29.4 Å². The zero-order chi connectivity index (χ0) is 15.4. The Morgan fingerprint density at radius 1 is 1.43 bits per heavy atom. The molecule has 1 aromatic heterocycles. The summed E-state index contributed by atoms with van der Waals surface area (Å²) in [4.78, 5) is 0. The number of hydrogen-bond donors (Lipinski definition) is 1. The number of ether oxygens (including phenoxy) is 1. The Labute approximate surface area is 131 Å². The molecule has 1 heterocycles. The normalized spacial score (nSPS) is 12.4. The molecule has 2 rings (SSSR count). The van der Waals surface area contributed by atoms with Crippen molar-refractivity contribution in [2.45, 2.75) is 26.3 Å². The molecular formula is C16H22ClN3O. The number of benzene rings is 1. The van der Waals surface area contributed by atoms with Crippen LogP contribution in [0, 0.1) is 6.92 Å². The van der Waals surface area contributed by atoms with Gasteiger partial charge in [0.25, 0.3) is 0 Å². The van der Waals surface area contributed by atoms with Crippen LogP contribution in [0.15, 0.2) is 24.4 Å². The number of methoxy groups -OCH3 is 1. The lowest BCUT2D eigenvalue weighted by atomic mass is 9.98. The summed E-state index contributed by atoms with van der Waals surface area (Å²) in [5, 5.41) is 8.59. The molecule has 1 N–H and O–H groups in total. The molecule has 0 aliphatic carbocycles. The fourth-order valence-corrected chi connectivity index (χ4v) is 2.72. The van der Waals surface area contributed by atoms with Crippen LogP contribution < -0.4 is 10.1 Å². The molecule has 0 radical (unpaired) electrons. The monoisotopic (exact) mass is 307 g/mol. The van der Waals surface area contributed by atoms with Gasteiger partial charge in [0.05, 0.1) is 13.3 Å². The molecule has 5 heteroatoms. The molecule has 4 nitrogen and oxygen atoms in total. The van der Waals surface area contributed by atoms with E-state index in [4.69, 9.17) is 16.3 Å². The smallest absolute Gasteiger partial charge is 0.122 e. The highest BCUT2D eigenvalue weighted by Gasteiger charge is 2.18. The zero-order valence-corrected chi connectivity index (χ0v) is 13.7. The van der Waals surface area contributed by atoms with Gasteiger partial charge in [0.1, 0.15) is 5.75 Å². The van der Waals surface area contributed by atoms with Gasteiger partial charge in [-0.25, -0.2) is 0 Å². The van der Waals surface area contributed by atoms with Crippen molar-refractivity contribution in [2.24, 2.45) is 7.05 Å². The van der Waals surface area contributed by atoms with Gasteiger partial charge in [0.15, 0.2) is 0 Å². The lowest BCUT2D eigenvalue weighted by molar-refractivity contribution is 0.405. The molecule has 1 atom stereocenters. The van der Waals surface area contributed by atoms with Gasteiger partial charge in [-0.15, -0.1) is 0 Å². The standard InChI is InChI=1S/C16H22ClN3O/c1-5-18-15(14-10-19-20(3)11(14)2)9-12-8-13(17)6-7-16(12)21-4/h6-8,10,15,18H,5,9H2,1-4H3. The van der Waals surface area contributed by atoms with E-state index >= 15 is 0 Å². The highest BCUT2D eigenvalue weighted by atomic mass is 35.5. The summed E-state index contributed by atoms with van der Waals surface area (Å²) >= 11 is 6.12. The van der Waals surface area contributed by atoms with Gasteiger partial charge in [-0.2, -0.15) is 5.10 Å². The van der Waals surface area contributed by atoms with Gasteiger partial charge >= 0.3 is 0 Å². The number of hydrogen-bond acceptors (Lipinski definition) is 3. The molecule has 21 heavy (non-hydrogen) atoms. The summed E-state index contributed by atoms with van der Waals surface area (Å²) in [6.07, 6.45) is 2.74. The Morgan fingerprint density at radius 3 is 2.76 bits per heavy atom. The zero-order valence-electron chi connectivity index (χ0n) is 13.0. The predicted molar refractivity (Wildman–Crippen MR) is 86.1 cm³/mol.